The molecule has 5 heteroatoms. The minimum absolute atomic E-state index is 0.0622. The summed E-state index contributed by atoms with van der Waals surface area (Å²) in [7, 11) is 0. The Kier molecular flexibility index (Phi) is 1.60. The van der Waals surface area contributed by atoms with Crippen LogP contribution in [0.4, 0.5) is 5.82 Å². The highest BCUT2D eigenvalue weighted by atomic mass is 16.5. The van der Waals surface area contributed by atoms with Crippen molar-refractivity contribution in [3.63, 3.8) is 0 Å². The normalized spacial score (nSPS) is 11.3. The molecule has 2 heterocycles. The molecular formula is C11H8N2O3. The maximum atomic E-state index is 11.6. The Morgan fingerprint density at radius 3 is 3.00 bits per heavy atom. The van der Waals surface area contributed by atoms with Gasteiger partial charge in [-0.05, 0) is 19.1 Å². The van der Waals surface area contributed by atoms with Gasteiger partial charge < -0.3 is 14.7 Å². The summed E-state index contributed by atoms with van der Waals surface area (Å²) in [6.45, 7) is 1.94. The van der Waals surface area contributed by atoms with E-state index in [1.165, 1.54) is 0 Å². The Morgan fingerprint density at radius 2 is 2.19 bits per heavy atom. The van der Waals surface area contributed by atoms with Gasteiger partial charge in [-0.2, -0.15) is 0 Å². The Bertz CT molecular complexity index is 755. The summed E-state index contributed by atoms with van der Waals surface area (Å²) in [6, 6.07) is 5.45. The van der Waals surface area contributed by atoms with E-state index in [0.29, 0.717) is 16.6 Å². The van der Waals surface area contributed by atoms with E-state index in [4.69, 9.17) is 14.7 Å². The first-order valence-electron chi connectivity index (χ1n) is 4.75. The van der Waals surface area contributed by atoms with Gasteiger partial charge in [0.2, 0.25) is 0 Å². The lowest BCUT2D eigenvalue weighted by Gasteiger charge is -1.97. The fraction of sp³-hybridized carbons (Fsp3) is 0.0909. The minimum Gasteiger partial charge on any atom is -0.422 e. The van der Waals surface area contributed by atoms with Gasteiger partial charge in [-0.25, -0.2) is 4.79 Å². The van der Waals surface area contributed by atoms with Gasteiger partial charge >= 0.3 is 5.63 Å². The molecule has 16 heavy (non-hydrogen) atoms. The zero-order chi connectivity index (χ0) is 11.3. The van der Waals surface area contributed by atoms with Crippen LogP contribution >= 0.6 is 0 Å². The topological polar surface area (TPSA) is 82.3 Å². The number of aromatic nitrogens is 1. The van der Waals surface area contributed by atoms with E-state index in [1.54, 1.807) is 6.07 Å². The average molecular weight is 216 g/mol. The third kappa shape index (κ3) is 1.05. The lowest BCUT2D eigenvalue weighted by atomic mass is 10.1. The van der Waals surface area contributed by atoms with Crippen LogP contribution in [0.1, 0.15) is 5.56 Å². The first-order valence-corrected chi connectivity index (χ1v) is 4.75. The predicted molar refractivity (Wildman–Crippen MR) is 59.2 cm³/mol. The van der Waals surface area contributed by atoms with Crippen LogP contribution in [-0.2, 0) is 0 Å². The van der Waals surface area contributed by atoms with Crippen molar-refractivity contribution in [2.45, 2.75) is 6.92 Å². The number of anilines is 1. The quantitative estimate of drug-likeness (QED) is 0.579. The maximum absolute atomic E-state index is 11.6. The molecule has 0 aliphatic carbocycles. The van der Waals surface area contributed by atoms with E-state index in [0.717, 1.165) is 5.56 Å². The number of rotatable bonds is 0. The highest BCUT2D eigenvalue weighted by Gasteiger charge is 2.15. The zero-order valence-corrected chi connectivity index (χ0v) is 8.48. The molecule has 2 N–H and O–H groups in total. The van der Waals surface area contributed by atoms with Gasteiger partial charge in [0.15, 0.2) is 16.8 Å². The molecule has 0 atom stereocenters. The minimum atomic E-state index is -0.523. The fourth-order valence-electron chi connectivity index (χ4n) is 1.74. The fourth-order valence-corrected chi connectivity index (χ4v) is 1.74. The number of nitrogens with zero attached hydrogens (tertiary/aromatic N) is 1. The Balaban J connectivity index is 2.67. The van der Waals surface area contributed by atoms with Crippen molar-refractivity contribution in [3.05, 3.63) is 34.2 Å². The summed E-state index contributed by atoms with van der Waals surface area (Å²) < 4.78 is 10.2. The average Bonchev–Trinajstić information content (AvgIpc) is 2.63. The highest BCUT2D eigenvalue weighted by molar-refractivity contribution is 6.04. The van der Waals surface area contributed by atoms with Gasteiger partial charge in [0, 0.05) is 0 Å². The smallest absolute Gasteiger partial charge is 0.351 e. The standard InChI is InChI=1S/C11H8N2O3/c1-5-2-3-7-6(4-5)9-8(11(14)15-7)10(12)13-16-9/h2-4H,1H3,(H2,12,13). The second kappa shape index (κ2) is 2.85. The first-order chi connectivity index (χ1) is 7.66. The molecule has 1 aromatic carbocycles. The monoisotopic (exact) mass is 216 g/mol. The van der Waals surface area contributed by atoms with E-state index in [2.05, 4.69) is 5.16 Å². The number of hydrogen-bond acceptors (Lipinski definition) is 5. The number of fused-ring (bicyclic) bond motifs is 3. The van der Waals surface area contributed by atoms with Crippen molar-refractivity contribution in [1.82, 2.24) is 5.16 Å². The van der Waals surface area contributed by atoms with E-state index in [-0.39, 0.29) is 11.2 Å². The number of aryl methyl sites for hydroxylation is 1. The molecule has 0 fully saturated rings. The summed E-state index contributed by atoms with van der Waals surface area (Å²) in [5.74, 6) is 0.0622. The number of hydrogen-bond donors (Lipinski definition) is 1. The van der Waals surface area contributed by atoms with Gasteiger partial charge in [-0.3, -0.25) is 0 Å². The number of nitrogens with two attached hydrogens (primary N) is 1. The number of benzene rings is 1. The van der Waals surface area contributed by atoms with Crippen LogP contribution in [0, 0.1) is 6.92 Å². The molecule has 0 saturated heterocycles. The third-order valence-electron chi connectivity index (χ3n) is 2.50. The van der Waals surface area contributed by atoms with Crippen molar-refractivity contribution in [1.29, 1.82) is 0 Å². The molecule has 0 saturated carbocycles. The molecule has 3 rings (SSSR count). The summed E-state index contributed by atoms with van der Waals surface area (Å²) in [5.41, 5.74) is 6.91. The molecule has 0 spiro atoms. The van der Waals surface area contributed by atoms with Crippen LogP contribution in [-0.4, -0.2) is 5.16 Å². The zero-order valence-electron chi connectivity index (χ0n) is 8.48. The lowest BCUT2D eigenvalue weighted by molar-refractivity contribution is 0.461. The van der Waals surface area contributed by atoms with Crippen molar-refractivity contribution in [3.8, 4) is 0 Å². The van der Waals surface area contributed by atoms with Crippen LogP contribution in [0.2, 0.25) is 0 Å². The molecule has 5 nitrogen and oxygen atoms in total. The van der Waals surface area contributed by atoms with Gasteiger partial charge in [0.25, 0.3) is 0 Å². The third-order valence-corrected chi connectivity index (χ3v) is 2.50. The Morgan fingerprint density at radius 1 is 1.38 bits per heavy atom. The van der Waals surface area contributed by atoms with Crippen molar-refractivity contribution >= 4 is 27.8 Å². The van der Waals surface area contributed by atoms with E-state index < -0.39 is 5.63 Å². The maximum Gasteiger partial charge on any atom is 0.351 e. The largest absolute Gasteiger partial charge is 0.422 e. The van der Waals surface area contributed by atoms with Gasteiger partial charge in [-0.15, -0.1) is 0 Å². The summed E-state index contributed by atoms with van der Waals surface area (Å²) in [6.07, 6.45) is 0. The summed E-state index contributed by atoms with van der Waals surface area (Å²) in [4.78, 5) is 11.6. The van der Waals surface area contributed by atoms with Crippen LogP contribution in [0.3, 0.4) is 0 Å². The summed E-state index contributed by atoms with van der Waals surface area (Å²) in [5, 5.41) is 4.49. The molecule has 80 valence electrons. The van der Waals surface area contributed by atoms with Crippen molar-refractivity contribution < 1.29 is 8.94 Å². The molecule has 2 aromatic heterocycles. The van der Waals surface area contributed by atoms with Crippen LogP contribution in [0.5, 0.6) is 0 Å². The van der Waals surface area contributed by atoms with E-state index in [9.17, 15) is 4.79 Å². The van der Waals surface area contributed by atoms with Gasteiger partial charge in [-0.1, -0.05) is 16.8 Å². The Labute approximate surface area is 89.4 Å². The number of nitrogen functional groups attached to an aromatic ring is 1. The molecule has 0 radical (unpaired) electrons. The predicted octanol–water partition coefficient (Wildman–Crippen LogP) is 1.82. The molecular weight excluding hydrogens is 208 g/mol. The SMILES string of the molecule is Cc1ccc2oc(=O)c3c(N)noc3c2c1. The molecule has 0 aliphatic rings. The van der Waals surface area contributed by atoms with E-state index in [1.807, 2.05) is 19.1 Å². The van der Waals surface area contributed by atoms with Gasteiger partial charge in [0.05, 0.1) is 5.39 Å². The Hall–Kier alpha value is -2.30. The second-order valence-electron chi connectivity index (χ2n) is 3.66. The molecule has 0 amide bonds. The summed E-state index contributed by atoms with van der Waals surface area (Å²) >= 11 is 0. The first kappa shape index (κ1) is 8.96. The highest BCUT2D eigenvalue weighted by Crippen LogP contribution is 2.26. The van der Waals surface area contributed by atoms with E-state index >= 15 is 0 Å². The van der Waals surface area contributed by atoms with Crippen LogP contribution < -0.4 is 11.4 Å². The van der Waals surface area contributed by atoms with Crippen molar-refractivity contribution in [2.75, 3.05) is 5.73 Å². The van der Waals surface area contributed by atoms with Crippen molar-refractivity contribution in [2.24, 2.45) is 0 Å². The van der Waals surface area contributed by atoms with Gasteiger partial charge in [0.1, 0.15) is 5.58 Å². The van der Waals surface area contributed by atoms with Crippen LogP contribution in [0.25, 0.3) is 21.9 Å². The second-order valence-corrected chi connectivity index (χ2v) is 3.66. The molecule has 3 aromatic rings. The molecule has 0 unspecified atom stereocenters. The lowest BCUT2D eigenvalue weighted by Crippen LogP contribution is -2.01. The molecule has 0 aliphatic heterocycles. The van der Waals surface area contributed by atoms with Crippen LogP contribution in [0.15, 0.2) is 31.9 Å². The molecule has 0 bridgehead atoms.